The van der Waals surface area contributed by atoms with Crippen molar-refractivity contribution >= 4 is 21.6 Å². The Morgan fingerprint density at radius 1 is 1.07 bits per heavy atom. The maximum absolute atomic E-state index is 14.2. The van der Waals surface area contributed by atoms with Gasteiger partial charge in [-0.25, -0.2) is 13.8 Å². The summed E-state index contributed by atoms with van der Waals surface area (Å²) in [5.41, 5.74) is 0.939. The molecule has 0 bridgehead atoms. The van der Waals surface area contributed by atoms with Crippen LogP contribution in [0.15, 0.2) is 59.4 Å². The molecule has 0 fully saturated rings. The van der Waals surface area contributed by atoms with Crippen LogP contribution in [0.4, 0.5) is 8.78 Å². The van der Waals surface area contributed by atoms with E-state index in [9.17, 15) is 13.6 Å². The first-order chi connectivity index (χ1) is 13.5. The van der Waals surface area contributed by atoms with Gasteiger partial charge in [-0.05, 0) is 41.8 Å². The minimum Gasteiger partial charge on any atom is -0.291 e. The lowest BCUT2D eigenvalue weighted by molar-refractivity contribution is 0.604. The third kappa shape index (κ3) is 3.60. The molecule has 0 atom stereocenters. The Kier molecular flexibility index (Phi) is 5.05. The van der Waals surface area contributed by atoms with Crippen LogP contribution in [-0.2, 0) is 19.4 Å². The number of thiophene rings is 1. The molecule has 28 heavy (non-hydrogen) atoms. The summed E-state index contributed by atoms with van der Waals surface area (Å²) in [5, 5.41) is 0.551. The van der Waals surface area contributed by atoms with Gasteiger partial charge < -0.3 is 0 Å². The first kappa shape index (κ1) is 18.5. The number of aromatic nitrogens is 2. The maximum Gasteiger partial charge on any atom is 0.262 e. The van der Waals surface area contributed by atoms with E-state index in [1.165, 1.54) is 34.1 Å². The van der Waals surface area contributed by atoms with Crippen molar-refractivity contribution in [2.24, 2.45) is 0 Å². The highest BCUT2D eigenvalue weighted by Gasteiger charge is 2.16. The highest BCUT2D eigenvalue weighted by molar-refractivity contribution is 7.18. The second-order valence-corrected chi connectivity index (χ2v) is 7.72. The Morgan fingerprint density at radius 3 is 2.64 bits per heavy atom. The zero-order chi connectivity index (χ0) is 19.7. The van der Waals surface area contributed by atoms with Gasteiger partial charge in [0.05, 0.1) is 11.9 Å². The van der Waals surface area contributed by atoms with Crippen molar-refractivity contribution in [3.63, 3.8) is 0 Å². The topological polar surface area (TPSA) is 34.9 Å². The fourth-order valence-electron chi connectivity index (χ4n) is 3.21. The summed E-state index contributed by atoms with van der Waals surface area (Å²) < 4.78 is 29.3. The van der Waals surface area contributed by atoms with Crippen LogP contribution >= 0.6 is 11.3 Å². The number of aryl methyl sites for hydroxylation is 1. The number of nitrogens with zero attached hydrogens (tertiary/aromatic N) is 2. The van der Waals surface area contributed by atoms with Crippen LogP contribution in [0.1, 0.15) is 28.8 Å². The van der Waals surface area contributed by atoms with Crippen LogP contribution in [-0.4, -0.2) is 9.55 Å². The number of benzene rings is 2. The van der Waals surface area contributed by atoms with Gasteiger partial charge in [0.25, 0.3) is 5.56 Å². The summed E-state index contributed by atoms with van der Waals surface area (Å²) in [5.74, 6) is -0.231. The molecule has 3 nitrogen and oxygen atoms in total. The number of hydrogen-bond acceptors (Lipinski definition) is 3. The van der Waals surface area contributed by atoms with Crippen LogP contribution in [0.5, 0.6) is 0 Å². The summed E-state index contributed by atoms with van der Waals surface area (Å²) in [6.45, 7) is 2.21. The van der Waals surface area contributed by atoms with Crippen molar-refractivity contribution < 1.29 is 8.78 Å². The van der Waals surface area contributed by atoms with E-state index in [2.05, 4.69) is 4.98 Å². The van der Waals surface area contributed by atoms with Crippen LogP contribution in [0.3, 0.4) is 0 Å². The summed E-state index contributed by atoms with van der Waals surface area (Å²) in [6, 6.07) is 14.5. The Balaban J connectivity index is 1.87. The van der Waals surface area contributed by atoms with E-state index in [0.717, 1.165) is 11.3 Å². The summed E-state index contributed by atoms with van der Waals surface area (Å²) in [4.78, 5) is 19.6. The van der Waals surface area contributed by atoms with Crippen LogP contribution < -0.4 is 5.56 Å². The zero-order valence-corrected chi connectivity index (χ0v) is 16.1. The second kappa shape index (κ2) is 7.64. The second-order valence-electron chi connectivity index (χ2n) is 6.60. The van der Waals surface area contributed by atoms with Gasteiger partial charge in [0.15, 0.2) is 0 Å². The van der Waals surface area contributed by atoms with E-state index in [4.69, 9.17) is 0 Å². The predicted octanol–water partition coefficient (Wildman–Crippen LogP) is 4.94. The molecular weight excluding hydrogens is 378 g/mol. The van der Waals surface area contributed by atoms with E-state index < -0.39 is 0 Å². The molecule has 0 aliphatic carbocycles. The Labute approximate surface area is 164 Å². The molecule has 4 rings (SSSR count). The molecule has 6 heteroatoms. The number of rotatable bonds is 5. The van der Waals surface area contributed by atoms with Gasteiger partial charge in [-0.3, -0.25) is 9.36 Å². The minimum atomic E-state index is -0.362. The smallest absolute Gasteiger partial charge is 0.262 e. The number of halogens is 2. The van der Waals surface area contributed by atoms with Gasteiger partial charge >= 0.3 is 0 Å². The molecule has 2 aromatic heterocycles. The normalized spacial score (nSPS) is 11.2. The average molecular weight is 396 g/mol. The Bertz CT molecular complexity index is 1210. The van der Waals surface area contributed by atoms with Crippen LogP contribution in [0.2, 0.25) is 0 Å². The minimum absolute atomic E-state index is 0.181. The third-order valence-corrected chi connectivity index (χ3v) is 5.84. The van der Waals surface area contributed by atoms with Crippen molar-refractivity contribution in [3.8, 4) is 0 Å². The number of hydrogen-bond donors (Lipinski definition) is 0. The van der Waals surface area contributed by atoms with Gasteiger partial charge in [-0.1, -0.05) is 37.3 Å². The quantitative estimate of drug-likeness (QED) is 0.479. The summed E-state index contributed by atoms with van der Waals surface area (Å²) in [7, 11) is 0. The largest absolute Gasteiger partial charge is 0.291 e. The van der Waals surface area contributed by atoms with E-state index in [0.29, 0.717) is 27.2 Å². The highest BCUT2D eigenvalue weighted by atomic mass is 32.1. The molecule has 2 heterocycles. The standard InChI is InChI=1S/C22H18F2N2OS/c1-2-17-12-18-21(28-17)25-20(11-15-7-3-4-9-19(15)24)26(22(18)27)13-14-6-5-8-16(23)10-14/h3-10,12H,2,11,13H2,1H3. The monoisotopic (exact) mass is 396 g/mol. The Morgan fingerprint density at radius 2 is 1.89 bits per heavy atom. The molecule has 142 valence electrons. The molecule has 0 N–H and O–H groups in total. The van der Waals surface area contributed by atoms with Crippen LogP contribution in [0, 0.1) is 11.6 Å². The molecule has 0 radical (unpaired) electrons. The molecule has 0 saturated heterocycles. The van der Waals surface area contributed by atoms with Crippen molar-refractivity contribution in [3.05, 3.63) is 98.4 Å². The molecule has 0 saturated carbocycles. The maximum atomic E-state index is 14.2. The van der Waals surface area contributed by atoms with Gasteiger partial charge in [-0.2, -0.15) is 0 Å². The van der Waals surface area contributed by atoms with Crippen molar-refractivity contribution in [1.82, 2.24) is 9.55 Å². The fourth-order valence-corrected chi connectivity index (χ4v) is 4.19. The van der Waals surface area contributed by atoms with Gasteiger partial charge in [0.2, 0.25) is 0 Å². The lowest BCUT2D eigenvalue weighted by atomic mass is 10.1. The summed E-state index contributed by atoms with van der Waals surface area (Å²) in [6.07, 6.45) is 1.000. The molecule has 0 spiro atoms. The van der Waals surface area contributed by atoms with Crippen LogP contribution in [0.25, 0.3) is 10.2 Å². The number of fused-ring (bicyclic) bond motifs is 1. The SMILES string of the molecule is CCc1cc2c(=O)n(Cc3cccc(F)c3)c(Cc3ccccc3F)nc2s1. The molecular formula is C22H18F2N2OS. The molecule has 2 aromatic carbocycles. The zero-order valence-electron chi connectivity index (χ0n) is 15.3. The predicted molar refractivity (Wildman–Crippen MR) is 108 cm³/mol. The van der Waals surface area contributed by atoms with Crippen molar-refractivity contribution in [2.75, 3.05) is 0 Å². The molecule has 0 aliphatic rings. The first-order valence-corrected chi connectivity index (χ1v) is 9.86. The van der Waals surface area contributed by atoms with Gasteiger partial charge in [-0.15, -0.1) is 11.3 Å². The average Bonchev–Trinajstić information content (AvgIpc) is 3.10. The van der Waals surface area contributed by atoms with E-state index in [-0.39, 0.29) is 30.2 Å². The highest BCUT2D eigenvalue weighted by Crippen LogP contribution is 2.23. The Hall–Kier alpha value is -2.86. The van der Waals surface area contributed by atoms with E-state index in [1.807, 2.05) is 13.0 Å². The van der Waals surface area contributed by atoms with Crippen molar-refractivity contribution in [1.29, 1.82) is 0 Å². The first-order valence-electron chi connectivity index (χ1n) is 9.05. The molecule has 0 unspecified atom stereocenters. The lowest BCUT2D eigenvalue weighted by Crippen LogP contribution is -2.26. The van der Waals surface area contributed by atoms with E-state index >= 15 is 0 Å². The fraction of sp³-hybridized carbons (Fsp3) is 0.182. The molecule has 4 aromatic rings. The lowest BCUT2D eigenvalue weighted by Gasteiger charge is -2.13. The van der Waals surface area contributed by atoms with Gasteiger partial charge in [0.1, 0.15) is 22.3 Å². The molecule has 0 amide bonds. The van der Waals surface area contributed by atoms with Crippen molar-refractivity contribution in [2.45, 2.75) is 26.3 Å². The van der Waals surface area contributed by atoms with Gasteiger partial charge in [0, 0.05) is 11.3 Å². The third-order valence-electron chi connectivity index (χ3n) is 4.67. The van der Waals surface area contributed by atoms with E-state index in [1.54, 1.807) is 30.3 Å². The summed E-state index contributed by atoms with van der Waals surface area (Å²) >= 11 is 1.48. The molecule has 0 aliphatic heterocycles.